The number of rotatable bonds is 6. The molecular weight excluding hydrogens is 360 g/mol. The van der Waals surface area contributed by atoms with Crippen molar-refractivity contribution in [1.29, 1.82) is 0 Å². The molecule has 3 rings (SSSR count). The van der Waals surface area contributed by atoms with Crippen LogP contribution in [-0.2, 0) is 4.79 Å². The molecule has 0 radical (unpaired) electrons. The molecule has 0 saturated carbocycles. The highest BCUT2D eigenvalue weighted by Gasteiger charge is 2.20. The molecule has 27 heavy (non-hydrogen) atoms. The normalized spacial score (nSPS) is 16.8. The van der Waals surface area contributed by atoms with Gasteiger partial charge in [0.05, 0.1) is 17.1 Å². The third-order valence-corrected chi connectivity index (χ3v) is 5.58. The number of carbonyl (C=O) groups excluding carboxylic acids is 2. The smallest absolute Gasteiger partial charge is 0.248 e. The first-order valence-corrected chi connectivity index (χ1v) is 10.0. The van der Waals surface area contributed by atoms with Crippen LogP contribution in [0.15, 0.2) is 47.6 Å². The van der Waals surface area contributed by atoms with Gasteiger partial charge in [-0.3, -0.25) is 14.6 Å². The molecule has 1 saturated heterocycles. The van der Waals surface area contributed by atoms with Crippen molar-refractivity contribution in [1.82, 2.24) is 4.98 Å². The maximum absolute atomic E-state index is 12.5. The standard InChI is InChI=1S/C20H24N4O2S/c1-14-3-2-10-24(12-14)18-5-4-15(20(21)26)11-17(18)23-19(25)13-27-16-6-8-22-9-7-16/h4-9,11,14H,2-3,10,12-13H2,1H3,(H2,21,26)(H,23,25)/t14-/m1/s1. The Labute approximate surface area is 163 Å². The molecule has 7 heteroatoms. The minimum atomic E-state index is -0.504. The quantitative estimate of drug-likeness (QED) is 0.747. The molecule has 0 bridgehead atoms. The number of anilines is 2. The topological polar surface area (TPSA) is 88.3 Å². The second-order valence-corrected chi connectivity index (χ2v) is 7.86. The van der Waals surface area contributed by atoms with Crippen LogP contribution in [0.4, 0.5) is 11.4 Å². The van der Waals surface area contributed by atoms with E-state index in [0.717, 1.165) is 30.1 Å². The SMILES string of the molecule is C[C@@H]1CCCN(c2ccc(C(N)=O)cc2NC(=O)CSc2ccncc2)C1. The number of nitrogens with two attached hydrogens (primary N) is 1. The number of pyridine rings is 1. The summed E-state index contributed by atoms with van der Waals surface area (Å²) >= 11 is 1.44. The summed E-state index contributed by atoms with van der Waals surface area (Å²) in [5.41, 5.74) is 7.39. The Kier molecular flexibility index (Phi) is 6.34. The number of carbonyl (C=O) groups is 2. The van der Waals surface area contributed by atoms with E-state index in [0.29, 0.717) is 17.2 Å². The summed E-state index contributed by atoms with van der Waals surface area (Å²) < 4.78 is 0. The minimum absolute atomic E-state index is 0.121. The molecule has 2 aromatic rings. The zero-order valence-electron chi connectivity index (χ0n) is 15.4. The van der Waals surface area contributed by atoms with Gasteiger partial charge >= 0.3 is 0 Å². The Morgan fingerprint density at radius 2 is 2.07 bits per heavy atom. The number of amides is 2. The first-order valence-electron chi connectivity index (χ1n) is 9.04. The predicted molar refractivity (Wildman–Crippen MR) is 109 cm³/mol. The molecular formula is C20H24N4O2S. The summed E-state index contributed by atoms with van der Waals surface area (Å²) in [4.78, 5) is 31.3. The molecule has 1 aromatic carbocycles. The van der Waals surface area contributed by atoms with E-state index in [4.69, 9.17) is 5.73 Å². The molecule has 0 aliphatic carbocycles. The van der Waals surface area contributed by atoms with E-state index < -0.39 is 5.91 Å². The largest absolute Gasteiger partial charge is 0.370 e. The minimum Gasteiger partial charge on any atom is -0.370 e. The van der Waals surface area contributed by atoms with E-state index in [1.54, 1.807) is 24.5 Å². The summed E-state index contributed by atoms with van der Waals surface area (Å²) in [5.74, 6) is 0.251. The molecule has 2 heterocycles. The van der Waals surface area contributed by atoms with E-state index in [1.807, 2.05) is 18.2 Å². The van der Waals surface area contributed by atoms with Gasteiger partial charge in [-0.2, -0.15) is 0 Å². The average Bonchev–Trinajstić information content (AvgIpc) is 2.67. The number of aromatic nitrogens is 1. The fourth-order valence-electron chi connectivity index (χ4n) is 3.24. The number of nitrogens with one attached hydrogen (secondary N) is 1. The lowest BCUT2D eigenvalue weighted by molar-refractivity contribution is -0.113. The first kappa shape index (κ1) is 19.2. The van der Waals surface area contributed by atoms with Gasteiger partial charge < -0.3 is 16.0 Å². The van der Waals surface area contributed by atoms with E-state index in [1.165, 1.54) is 18.2 Å². The highest BCUT2D eigenvalue weighted by molar-refractivity contribution is 8.00. The van der Waals surface area contributed by atoms with Gasteiger partial charge in [0, 0.05) is 35.9 Å². The molecule has 0 spiro atoms. The average molecular weight is 385 g/mol. The summed E-state index contributed by atoms with van der Waals surface area (Å²) in [6.45, 7) is 4.10. The Balaban J connectivity index is 1.75. The van der Waals surface area contributed by atoms with E-state index >= 15 is 0 Å². The van der Waals surface area contributed by atoms with Crippen LogP contribution in [0.25, 0.3) is 0 Å². The molecule has 2 amide bonds. The van der Waals surface area contributed by atoms with Crippen molar-refractivity contribution in [2.45, 2.75) is 24.7 Å². The second kappa shape index (κ2) is 8.90. The molecule has 142 valence electrons. The highest BCUT2D eigenvalue weighted by Crippen LogP contribution is 2.31. The zero-order valence-corrected chi connectivity index (χ0v) is 16.2. The lowest BCUT2D eigenvalue weighted by Crippen LogP contribution is -2.35. The second-order valence-electron chi connectivity index (χ2n) is 6.81. The fraction of sp³-hybridized carbons (Fsp3) is 0.350. The number of hydrogen-bond donors (Lipinski definition) is 2. The lowest BCUT2D eigenvalue weighted by atomic mass is 9.99. The van der Waals surface area contributed by atoms with Crippen molar-refractivity contribution in [2.24, 2.45) is 11.7 Å². The molecule has 1 aromatic heterocycles. The van der Waals surface area contributed by atoms with E-state index in [-0.39, 0.29) is 11.7 Å². The third kappa shape index (κ3) is 5.23. The van der Waals surface area contributed by atoms with E-state index in [2.05, 4.69) is 22.1 Å². The maximum Gasteiger partial charge on any atom is 0.248 e. The summed E-state index contributed by atoms with van der Waals surface area (Å²) in [5, 5.41) is 2.96. The van der Waals surface area contributed by atoms with Gasteiger partial charge in [0.25, 0.3) is 0 Å². The van der Waals surface area contributed by atoms with E-state index in [9.17, 15) is 9.59 Å². The number of benzene rings is 1. The van der Waals surface area contributed by atoms with Crippen LogP contribution in [0.2, 0.25) is 0 Å². The molecule has 1 fully saturated rings. The molecule has 1 aliphatic rings. The van der Waals surface area contributed by atoms with Crippen LogP contribution in [0.3, 0.4) is 0 Å². The van der Waals surface area contributed by atoms with Gasteiger partial charge in [0.1, 0.15) is 0 Å². The summed E-state index contributed by atoms with van der Waals surface area (Å²) in [6.07, 6.45) is 5.72. The molecule has 0 unspecified atom stereocenters. The van der Waals surface area contributed by atoms with Crippen LogP contribution in [-0.4, -0.2) is 35.6 Å². The van der Waals surface area contributed by atoms with Crippen LogP contribution in [0.1, 0.15) is 30.1 Å². The Morgan fingerprint density at radius 3 is 2.78 bits per heavy atom. The van der Waals surface area contributed by atoms with Crippen molar-refractivity contribution in [2.75, 3.05) is 29.1 Å². The Morgan fingerprint density at radius 1 is 1.30 bits per heavy atom. The van der Waals surface area contributed by atoms with Crippen LogP contribution in [0.5, 0.6) is 0 Å². The molecule has 3 N–H and O–H groups in total. The number of hydrogen-bond acceptors (Lipinski definition) is 5. The highest BCUT2D eigenvalue weighted by atomic mass is 32.2. The van der Waals surface area contributed by atoms with Gasteiger partial charge in [-0.05, 0) is 49.1 Å². The number of nitrogens with zero attached hydrogens (tertiary/aromatic N) is 2. The van der Waals surface area contributed by atoms with Gasteiger partial charge in [0.15, 0.2) is 0 Å². The monoisotopic (exact) mass is 384 g/mol. The third-order valence-electron chi connectivity index (χ3n) is 4.57. The van der Waals surface area contributed by atoms with Gasteiger partial charge in [0.2, 0.25) is 11.8 Å². The lowest BCUT2D eigenvalue weighted by Gasteiger charge is -2.34. The van der Waals surface area contributed by atoms with Gasteiger partial charge in [-0.1, -0.05) is 6.92 Å². The van der Waals surface area contributed by atoms with Crippen molar-refractivity contribution < 1.29 is 9.59 Å². The molecule has 6 nitrogen and oxygen atoms in total. The van der Waals surface area contributed by atoms with Crippen LogP contribution in [0, 0.1) is 5.92 Å². The maximum atomic E-state index is 12.5. The van der Waals surface area contributed by atoms with Crippen LogP contribution < -0.4 is 16.0 Å². The van der Waals surface area contributed by atoms with Crippen LogP contribution >= 0.6 is 11.8 Å². The number of thioether (sulfide) groups is 1. The zero-order chi connectivity index (χ0) is 19.2. The summed E-state index contributed by atoms with van der Waals surface area (Å²) in [7, 11) is 0. The van der Waals surface area contributed by atoms with Crippen molar-refractivity contribution in [3.05, 3.63) is 48.3 Å². The molecule has 1 atom stereocenters. The Bertz CT molecular complexity index is 813. The van der Waals surface area contributed by atoms with Crippen molar-refractivity contribution in [3.63, 3.8) is 0 Å². The number of piperidine rings is 1. The Hall–Kier alpha value is -2.54. The van der Waals surface area contributed by atoms with Gasteiger partial charge in [-0.15, -0.1) is 11.8 Å². The van der Waals surface area contributed by atoms with Gasteiger partial charge in [-0.25, -0.2) is 0 Å². The van der Waals surface area contributed by atoms with Crippen molar-refractivity contribution >= 4 is 35.0 Å². The van der Waals surface area contributed by atoms with Crippen molar-refractivity contribution in [3.8, 4) is 0 Å². The number of primary amides is 1. The summed E-state index contributed by atoms with van der Waals surface area (Å²) in [6, 6.07) is 9.01. The molecule has 1 aliphatic heterocycles. The fourth-order valence-corrected chi connectivity index (χ4v) is 3.93. The first-order chi connectivity index (χ1) is 13.0. The predicted octanol–water partition coefficient (Wildman–Crippen LogP) is 3.15.